The number of carbonyl (C=O) groups is 1. The maximum Gasteiger partial charge on any atom is 0.268 e. The van der Waals surface area contributed by atoms with Crippen LogP contribution in [0.15, 0.2) is 24.3 Å². The maximum atomic E-state index is 12.9. The molecule has 0 fully saturated rings. The number of rotatable bonds is 46. The first-order valence-electron chi connectivity index (χ1n) is 25.2. The first kappa shape index (κ1) is 58.0. The molecule has 350 valence electrons. The Bertz CT molecular complexity index is 1020. The topological polar surface area (TPSA) is 108 Å². The van der Waals surface area contributed by atoms with Crippen molar-refractivity contribution in [2.75, 3.05) is 40.9 Å². The zero-order chi connectivity index (χ0) is 43.6. The number of carbonyl (C=O) groups excluding carboxylic acids is 1. The molecule has 0 saturated heterocycles. The number of amides is 1. The maximum absolute atomic E-state index is 12.9. The van der Waals surface area contributed by atoms with Gasteiger partial charge in [-0.1, -0.05) is 212 Å². The number of likely N-dealkylation sites (N-methyl/N-ethyl adjacent to an activating group) is 1. The summed E-state index contributed by atoms with van der Waals surface area (Å²) in [7, 11) is 1.26. The SMILES string of the molecule is CCCCCCCCC/C=C\CCCCCCCCCC(=O)NC(COP(=O)([O-])OCC[N+](C)(C)C)C(O)/C=C/CCCCCCCCCCCCCCCCCCC. The average Bonchev–Trinajstić information content (AvgIpc) is 3.19. The van der Waals surface area contributed by atoms with Crippen molar-refractivity contribution in [3.05, 3.63) is 24.3 Å². The Kier molecular flexibility index (Phi) is 41.6. The Morgan fingerprint density at radius 3 is 1.32 bits per heavy atom. The van der Waals surface area contributed by atoms with E-state index in [9.17, 15) is 19.4 Å². The molecule has 0 aliphatic rings. The third-order valence-corrected chi connectivity index (χ3v) is 12.4. The van der Waals surface area contributed by atoms with Gasteiger partial charge in [0.15, 0.2) is 0 Å². The van der Waals surface area contributed by atoms with E-state index < -0.39 is 20.0 Å². The quantitative estimate of drug-likeness (QED) is 0.0273. The molecule has 0 rings (SSSR count). The van der Waals surface area contributed by atoms with Gasteiger partial charge >= 0.3 is 0 Å². The summed E-state index contributed by atoms with van der Waals surface area (Å²) < 4.78 is 23.3. The number of nitrogens with one attached hydrogen (secondary N) is 1. The number of phosphoric acid groups is 1. The summed E-state index contributed by atoms with van der Waals surface area (Å²) in [5.41, 5.74) is 0. The molecule has 2 N–H and O–H groups in total. The van der Waals surface area contributed by atoms with E-state index in [0.29, 0.717) is 17.4 Å². The van der Waals surface area contributed by atoms with Crippen LogP contribution in [0.1, 0.15) is 239 Å². The van der Waals surface area contributed by atoms with Crippen LogP contribution < -0.4 is 10.2 Å². The molecule has 0 spiro atoms. The van der Waals surface area contributed by atoms with Crippen molar-refractivity contribution in [2.24, 2.45) is 0 Å². The van der Waals surface area contributed by atoms with Gasteiger partial charge in [-0.15, -0.1) is 0 Å². The molecule has 0 aromatic heterocycles. The van der Waals surface area contributed by atoms with E-state index >= 15 is 0 Å². The summed E-state index contributed by atoms with van der Waals surface area (Å²) >= 11 is 0. The molecular weight excluding hydrogens is 756 g/mol. The molecule has 3 unspecified atom stereocenters. The van der Waals surface area contributed by atoms with Gasteiger partial charge < -0.3 is 28.8 Å². The van der Waals surface area contributed by atoms with Crippen LogP contribution in [0.5, 0.6) is 0 Å². The van der Waals surface area contributed by atoms with Crippen LogP contribution in [0.2, 0.25) is 0 Å². The zero-order valence-electron chi connectivity index (χ0n) is 39.7. The summed E-state index contributed by atoms with van der Waals surface area (Å²) in [5.74, 6) is -0.200. The number of nitrogens with zero attached hydrogens (tertiary/aromatic N) is 1. The summed E-state index contributed by atoms with van der Waals surface area (Å²) in [5, 5.41) is 13.8. The van der Waals surface area contributed by atoms with E-state index in [1.165, 1.54) is 180 Å². The van der Waals surface area contributed by atoms with Crippen molar-refractivity contribution in [1.82, 2.24) is 5.32 Å². The van der Waals surface area contributed by atoms with Crippen LogP contribution >= 0.6 is 7.82 Å². The number of hydrogen-bond acceptors (Lipinski definition) is 6. The average molecular weight is 855 g/mol. The molecule has 59 heavy (non-hydrogen) atoms. The molecule has 1 amide bonds. The lowest BCUT2D eigenvalue weighted by Gasteiger charge is -2.29. The molecule has 0 aromatic rings. The third-order valence-electron chi connectivity index (χ3n) is 11.4. The summed E-state index contributed by atoms with van der Waals surface area (Å²) in [6, 6.07) is -0.886. The number of quaternary nitrogens is 1. The van der Waals surface area contributed by atoms with Crippen LogP contribution in [-0.4, -0.2) is 68.5 Å². The fourth-order valence-corrected chi connectivity index (χ4v) is 8.11. The number of allylic oxidation sites excluding steroid dienone is 3. The molecule has 0 aliphatic carbocycles. The standard InChI is InChI=1S/C50H99N2O6P/c1-6-8-10-12-14-16-18-20-22-24-26-27-29-31-33-35-37-39-41-43-49(53)48(47-58-59(55,56)57-46-45-52(3,4)5)51-50(54)44-42-40-38-36-34-32-30-28-25-23-21-19-17-15-13-11-9-7-2/h23,25,41,43,48-49,53H,6-22,24,26-40,42,44-47H2,1-5H3,(H-,51,54,55,56)/b25-23-,43-41+. The Hall–Kier alpha value is -1.02. The predicted octanol–water partition coefficient (Wildman–Crippen LogP) is 13.8. The van der Waals surface area contributed by atoms with Gasteiger partial charge in [0.05, 0.1) is 39.9 Å². The lowest BCUT2D eigenvalue weighted by molar-refractivity contribution is -0.870. The van der Waals surface area contributed by atoms with Crippen molar-refractivity contribution in [1.29, 1.82) is 0 Å². The molecule has 0 aromatic carbocycles. The predicted molar refractivity (Wildman–Crippen MR) is 252 cm³/mol. The monoisotopic (exact) mass is 855 g/mol. The van der Waals surface area contributed by atoms with Crippen LogP contribution in [0.4, 0.5) is 0 Å². The Balaban J connectivity index is 4.33. The minimum Gasteiger partial charge on any atom is -0.756 e. The van der Waals surface area contributed by atoms with E-state index in [2.05, 4.69) is 31.3 Å². The van der Waals surface area contributed by atoms with E-state index in [0.717, 1.165) is 38.5 Å². The van der Waals surface area contributed by atoms with Gasteiger partial charge in [-0.2, -0.15) is 0 Å². The number of phosphoric ester groups is 1. The van der Waals surface area contributed by atoms with Gasteiger partial charge in [-0.05, 0) is 44.9 Å². The molecule has 0 aliphatic heterocycles. The van der Waals surface area contributed by atoms with Gasteiger partial charge in [-0.25, -0.2) is 0 Å². The smallest absolute Gasteiger partial charge is 0.268 e. The van der Waals surface area contributed by atoms with Crippen LogP contribution in [0.25, 0.3) is 0 Å². The molecule has 0 heterocycles. The summed E-state index contributed by atoms with van der Waals surface area (Å²) in [6.07, 6.45) is 50.8. The first-order valence-corrected chi connectivity index (χ1v) is 26.7. The Morgan fingerprint density at radius 2 is 0.932 bits per heavy atom. The second-order valence-electron chi connectivity index (χ2n) is 18.5. The Morgan fingerprint density at radius 1 is 0.576 bits per heavy atom. The molecule has 0 radical (unpaired) electrons. The first-order chi connectivity index (χ1) is 28.5. The van der Waals surface area contributed by atoms with Gasteiger partial charge in [0, 0.05) is 6.42 Å². The molecule has 0 bridgehead atoms. The second kappa shape index (κ2) is 42.3. The van der Waals surface area contributed by atoms with Crippen molar-refractivity contribution in [3.63, 3.8) is 0 Å². The highest BCUT2D eigenvalue weighted by Gasteiger charge is 2.23. The lowest BCUT2D eigenvalue weighted by atomic mass is 10.0. The summed E-state index contributed by atoms with van der Waals surface area (Å²) in [6.45, 7) is 4.66. The Labute approximate surface area is 366 Å². The molecule has 9 heteroatoms. The van der Waals surface area contributed by atoms with E-state index in [-0.39, 0.29) is 19.1 Å². The fraction of sp³-hybridized carbons (Fsp3) is 0.900. The number of hydrogen-bond donors (Lipinski definition) is 2. The largest absolute Gasteiger partial charge is 0.756 e. The van der Waals surface area contributed by atoms with E-state index in [4.69, 9.17) is 9.05 Å². The third kappa shape index (κ3) is 44.8. The van der Waals surface area contributed by atoms with E-state index in [1.807, 2.05) is 27.2 Å². The molecular formula is C50H99N2O6P. The number of aliphatic hydroxyl groups excluding tert-OH is 1. The van der Waals surface area contributed by atoms with E-state index in [1.54, 1.807) is 6.08 Å². The molecule has 8 nitrogen and oxygen atoms in total. The number of aliphatic hydroxyl groups is 1. The molecule has 3 atom stereocenters. The fourth-order valence-electron chi connectivity index (χ4n) is 7.38. The summed E-state index contributed by atoms with van der Waals surface area (Å²) in [4.78, 5) is 25.4. The normalized spacial score (nSPS) is 14.4. The minimum absolute atomic E-state index is 0.000474. The van der Waals surface area contributed by atoms with Gasteiger partial charge in [0.2, 0.25) is 5.91 Å². The highest BCUT2D eigenvalue weighted by atomic mass is 31.2. The van der Waals surface area contributed by atoms with Crippen molar-refractivity contribution < 1.29 is 32.9 Å². The zero-order valence-corrected chi connectivity index (χ0v) is 40.6. The van der Waals surface area contributed by atoms with Crippen molar-refractivity contribution >= 4 is 13.7 Å². The van der Waals surface area contributed by atoms with Crippen LogP contribution in [-0.2, 0) is 18.4 Å². The van der Waals surface area contributed by atoms with Gasteiger partial charge in [0.1, 0.15) is 13.2 Å². The number of unbranched alkanes of at least 4 members (excludes halogenated alkanes) is 31. The lowest BCUT2D eigenvalue weighted by Crippen LogP contribution is -2.45. The highest BCUT2D eigenvalue weighted by Crippen LogP contribution is 2.38. The highest BCUT2D eigenvalue weighted by molar-refractivity contribution is 7.45. The second-order valence-corrected chi connectivity index (χ2v) is 19.9. The van der Waals surface area contributed by atoms with Crippen LogP contribution in [0, 0.1) is 0 Å². The van der Waals surface area contributed by atoms with Crippen molar-refractivity contribution in [2.45, 2.75) is 251 Å². The van der Waals surface area contributed by atoms with Gasteiger partial charge in [-0.3, -0.25) is 9.36 Å². The minimum atomic E-state index is -4.59. The van der Waals surface area contributed by atoms with Gasteiger partial charge in [0.25, 0.3) is 7.82 Å². The molecule has 0 saturated carbocycles. The van der Waals surface area contributed by atoms with Crippen molar-refractivity contribution in [3.8, 4) is 0 Å². The van der Waals surface area contributed by atoms with Crippen LogP contribution in [0.3, 0.4) is 0 Å².